The Balaban J connectivity index is 1.34. The van der Waals surface area contributed by atoms with Gasteiger partial charge in [-0.3, -0.25) is 4.90 Å². The maximum absolute atomic E-state index is 11.1. The Morgan fingerprint density at radius 1 is 1.07 bits per heavy atom. The van der Waals surface area contributed by atoms with Gasteiger partial charge in [0.1, 0.15) is 0 Å². The average Bonchev–Trinajstić information content (AvgIpc) is 2.65. The third-order valence-electron chi connectivity index (χ3n) is 7.18. The van der Waals surface area contributed by atoms with E-state index >= 15 is 0 Å². The second kappa shape index (κ2) is 8.46. The first-order valence-electron chi connectivity index (χ1n) is 10.9. The quantitative estimate of drug-likeness (QED) is 0.813. The second-order valence-corrected chi connectivity index (χ2v) is 8.98. The molecule has 1 aromatic carbocycles. The van der Waals surface area contributed by atoms with Gasteiger partial charge in [0.2, 0.25) is 0 Å². The fraction of sp³-hybridized carbons (Fsp3) is 0.667. The summed E-state index contributed by atoms with van der Waals surface area (Å²) in [5.41, 5.74) is 3.30. The third-order valence-corrected chi connectivity index (χ3v) is 7.18. The van der Waals surface area contributed by atoms with Crippen LogP contribution in [0.2, 0.25) is 0 Å². The molecule has 148 valence electrons. The fourth-order valence-corrected chi connectivity index (χ4v) is 5.04. The van der Waals surface area contributed by atoms with Gasteiger partial charge >= 0.3 is 0 Å². The standard InChI is InChI=1S/C24H35NO2/c1-27-18-21-9-13-24(26,14-10-21)22-7-5-19(6-8-22)17-20-11-15-25(16-12-20)23-3-2-4-23/h5-8,17,21,23,26H,2-4,9-16,18H2,1H3. The molecule has 1 aliphatic heterocycles. The lowest BCUT2D eigenvalue weighted by atomic mass is 9.75. The van der Waals surface area contributed by atoms with Crippen molar-refractivity contribution in [3.8, 4) is 0 Å². The Hall–Kier alpha value is -1.16. The highest BCUT2D eigenvalue weighted by Gasteiger charge is 2.34. The van der Waals surface area contributed by atoms with Gasteiger partial charge < -0.3 is 9.84 Å². The van der Waals surface area contributed by atoms with E-state index in [1.54, 1.807) is 12.7 Å². The summed E-state index contributed by atoms with van der Waals surface area (Å²) in [4.78, 5) is 2.69. The van der Waals surface area contributed by atoms with Crippen molar-refractivity contribution in [2.24, 2.45) is 5.92 Å². The molecule has 4 rings (SSSR count). The van der Waals surface area contributed by atoms with Crippen molar-refractivity contribution in [1.29, 1.82) is 0 Å². The molecule has 3 aliphatic rings. The van der Waals surface area contributed by atoms with E-state index in [-0.39, 0.29) is 0 Å². The number of piperidine rings is 1. The largest absolute Gasteiger partial charge is 0.385 e. The van der Waals surface area contributed by atoms with Gasteiger partial charge in [-0.05, 0) is 68.4 Å². The van der Waals surface area contributed by atoms with E-state index in [1.165, 1.54) is 50.8 Å². The maximum Gasteiger partial charge on any atom is 0.0896 e. The molecule has 3 nitrogen and oxygen atoms in total. The smallest absolute Gasteiger partial charge is 0.0896 e. The molecule has 0 bridgehead atoms. The Labute approximate surface area is 164 Å². The van der Waals surface area contributed by atoms with Crippen LogP contribution in [0.25, 0.3) is 6.08 Å². The van der Waals surface area contributed by atoms with Crippen molar-refractivity contribution in [2.45, 2.75) is 69.4 Å². The number of rotatable bonds is 5. The van der Waals surface area contributed by atoms with E-state index in [0.29, 0.717) is 5.92 Å². The summed E-state index contributed by atoms with van der Waals surface area (Å²) in [5, 5.41) is 11.1. The SMILES string of the molecule is COCC1CCC(O)(c2ccc(C=C3CCN(C4CCC4)CC3)cc2)CC1. The van der Waals surface area contributed by atoms with E-state index in [1.807, 2.05) is 0 Å². The van der Waals surface area contributed by atoms with Crippen LogP contribution in [0.3, 0.4) is 0 Å². The Morgan fingerprint density at radius 3 is 2.30 bits per heavy atom. The first kappa shape index (κ1) is 19.2. The van der Waals surface area contributed by atoms with Gasteiger partial charge in [-0.15, -0.1) is 0 Å². The van der Waals surface area contributed by atoms with Crippen LogP contribution < -0.4 is 0 Å². The third kappa shape index (κ3) is 4.47. The predicted octanol–water partition coefficient (Wildman–Crippen LogP) is 4.74. The molecule has 27 heavy (non-hydrogen) atoms. The first-order valence-corrected chi connectivity index (χ1v) is 10.9. The van der Waals surface area contributed by atoms with Gasteiger partial charge in [0, 0.05) is 32.8 Å². The molecule has 1 aromatic rings. The highest BCUT2D eigenvalue weighted by Crippen LogP contribution is 2.39. The van der Waals surface area contributed by atoms with Gasteiger partial charge in [0.05, 0.1) is 5.60 Å². The molecular formula is C24H35NO2. The molecule has 0 spiro atoms. The number of benzene rings is 1. The molecule has 1 saturated heterocycles. The molecule has 1 N–H and O–H groups in total. The summed E-state index contributed by atoms with van der Waals surface area (Å²) < 4.78 is 5.28. The Kier molecular flexibility index (Phi) is 6.01. The lowest BCUT2D eigenvalue weighted by Gasteiger charge is -2.40. The highest BCUT2D eigenvalue weighted by molar-refractivity contribution is 5.54. The van der Waals surface area contributed by atoms with E-state index in [9.17, 15) is 5.11 Å². The van der Waals surface area contributed by atoms with Crippen molar-refractivity contribution < 1.29 is 9.84 Å². The molecule has 0 amide bonds. The number of aliphatic hydroxyl groups is 1. The Morgan fingerprint density at radius 2 is 1.74 bits per heavy atom. The molecule has 1 heterocycles. The first-order chi connectivity index (χ1) is 13.2. The molecule has 0 unspecified atom stereocenters. The summed E-state index contributed by atoms with van der Waals surface area (Å²) in [6.07, 6.45) is 12.8. The molecule has 2 aliphatic carbocycles. The number of hydrogen-bond donors (Lipinski definition) is 1. The average molecular weight is 370 g/mol. The molecule has 2 saturated carbocycles. The lowest BCUT2D eigenvalue weighted by molar-refractivity contribution is -0.0245. The number of likely N-dealkylation sites (tertiary alicyclic amines) is 1. The van der Waals surface area contributed by atoms with Crippen molar-refractivity contribution in [3.05, 3.63) is 41.0 Å². The summed E-state index contributed by atoms with van der Waals surface area (Å²) in [6, 6.07) is 9.56. The minimum Gasteiger partial charge on any atom is -0.385 e. The predicted molar refractivity (Wildman–Crippen MR) is 111 cm³/mol. The number of nitrogens with zero attached hydrogens (tertiary/aromatic N) is 1. The molecule has 3 fully saturated rings. The molecule has 0 radical (unpaired) electrons. The number of ether oxygens (including phenoxy) is 1. The van der Waals surface area contributed by atoms with Crippen molar-refractivity contribution in [2.75, 3.05) is 26.8 Å². The number of methoxy groups -OCH3 is 1. The summed E-state index contributed by atoms with van der Waals surface area (Å²) >= 11 is 0. The van der Waals surface area contributed by atoms with Crippen LogP contribution >= 0.6 is 0 Å². The van der Waals surface area contributed by atoms with Crippen molar-refractivity contribution >= 4 is 6.08 Å². The monoisotopic (exact) mass is 369 g/mol. The summed E-state index contributed by atoms with van der Waals surface area (Å²) in [5.74, 6) is 0.602. The minimum atomic E-state index is -0.649. The van der Waals surface area contributed by atoms with Crippen LogP contribution in [0.1, 0.15) is 68.9 Å². The van der Waals surface area contributed by atoms with Crippen LogP contribution in [0.5, 0.6) is 0 Å². The van der Waals surface area contributed by atoms with Crippen LogP contribution in [0.4, 0.5) is 0 Å². The van der Waals surface area contributed by atoms with Crippen molar-refractivity contribution in [3.63, 3.8) is 0 Å². The zero-order chi connectivity index (χ0) is 18.7. The van der Waals surface area contributed by atoms with Crippen LogP contribution in [0.15, 0.2) is 29.8 Å². The molecule has 3 heteroatoms. The van der Waals surface area contributed by atoms with Gasteiger partial charge in [-0.25, -0.2) is 0 Å². The Bertz CT molecular complexity index is 629. The number of hydrogen-bond acceptors (Lipinski definition) is 3. The van der Waals surface area contributed by atoms with E-state index in [4.69, 9.17) is 4.74 Å². The maximum atomic E-state index is 11.1. The van der Waals surface area contributed by atoms with Gasteiger partial charge in [0.25, 0.3) is 0 Å². The minimum absolute atomic E-state index is 0.602. The topological polar surface area (TPSA) is 32.7 Å². The zero-order valence-electron chi connectivity index (χ0n) is 16.8. The van der Waals surface area contributed by atoms with Crippen molar-refractivity contribution in [1.82, 2.24) is 4.90 Å². The summed E-state index contributed by atoms with van der Waals surface area (Å²) in [7, 11) is 1.77. The molecular weight excluding hydrogens is 334 g/mol. The van der Waals surface area contributed by atoms with E-state index < -0.39 is 5.60 Å². The van der Waals surface area contributed by atoms with Crippen LogP contribution in [-0.2, 0) is 10.3 Å². The van der Waals surface area contributed by atoms with Gasteiger partial charge in [-0.2, -0.15) is 0 Å². The van der Waals surface area contributed by atoms with Crippen LogP contribution in [0, 0.1) is 5.92 Å². The zero-order valence-corrected chi connectivity index (χ0v) is 16.8. The van der Waals surface area contributed by atoms with Crippen LogP contribution in [-0.4, -0.2) is 42.9 Å². The fourth-order valence-electron chi connectivity index (χ4n) is 5.04. The summed E-state index contributed by atoms with van der Waals surface area (Å²) in [6.45, 7) is 3.29. The van der Waals surface area contributed by atoms with E-state index in [2.05, 4.69) is 35.2 Å². The van der Waals surface area contributed by atoms with Gasteiger partial charge in [-0.1, -0.05) is 42.3 Å². The highest BCUT2D eigenvalue weighted by atomic mass is 16.5. The normalized spacial score (nSPS) is 30.1. The van der Waals surface area contributed by atoms with Gasteiger partial charge in [0.15, 0.2) is 0 Å². The molecule has 0 aromatic heterocycles. The van der Waals surface area contributed by atoms with E-state index in [0.717, 1.165) is 43.9 Å². The lowest BCUT2D eigenvalue weighted by Crippen LogP contribution is -2.43. The second-order valence-electron chi connectivity index (χ2n) is 8.98. The molecule has 0 atom stereocenters.